The summed E-state index contributed by atoms with van der Waals surface area (Å²) in [7, 11) is 0. The molecule has 1 unspecified atom stereocenters. The molecule has 3 aromatic rings. The van der Waals surface area contributed by atoms with Crippen LogP contribution in [0, 0.1) is 0 Å². The van der Waals surface area contributed by atoms with Gasteiger partial charge < -0.3 is 9.72 Å². The number of imidazole rings is 1. The molecule has 0 spiro atoms. The van der Waals surface area contributed by atoms with E-state index in [0.29, 0.717) is 5.88 Å². The van der Waals surface area contributed by atoms with Crippen molar-refractivity contribution in [1.82, 2.24) is 24.8 Å². The van der Waals surface area contributed by atoms with E-state index in [2.05, 4.69) is 24.8 Å². The zero-order chi connectivity index (χ0) is 16.2. The van der Waals surface area contributed by atoms with Crippen LogP contribution in [0.5, 0.6) is 11.6 Å². The number of likely N-dealkylation sites (tertiary alicyclic amines) is 1. The first-order valence-electron chi connectivity index (χ1n) is 8.15. The first-order chi connectivity index (χ1) is 11.9. The van der Waals surface area contributed by atoms with E-state index < -0.39 is 0 Å². The summed E-state index contributed by atoms with van der Waals surface area (Å²) in [4.78, 5) is 18.9. The zero-order valence-electron chi connectivity index (χ0n) is 13.3. The molecule has 1 saturated heterocycles. The molecular weight excluding hydrogens is 302 g/mol. The molecule has 0 aliphatic carbocycles. The number of ether oxygens (including phenoxy) is 1. The average molecular weight is 321 g/mol. The Balaban J connectivity index is 1.51. The predicted octanol–water partition coefficient (Wildman–Crippen LogP) is 3.33. The minimum absolute atomic E-state index is 0.252. The molecule has 0 radical (unpaired) electrons. The van der Waals surface area contributed by atoms with Gasteiger partial charge in [-0.2, -0.15) is 0 Å². The fourth-order valence-corrected chi connectivity index (χ4v) is 3.11. The van der Waals surface area contributed by atoms with E-state index in [4.69, 9.17) is 4.74 Å². The monoisotopic (exact) mass is 321 g/mol. The summed E-state index contributed by atoms with van der Waals surface area (Å²) in [5.74, 6) is 2.28. The van der Waals surface area contributed by atoms with Gasteiger partial charge in [-0.3, -0.25) is 9.88 Å². The quantitative estimate of drug-likeness (QED) is 0.781. The molecule has 0 amide bonds. The molecule has 0 bridgehead atoms. The summed E-state index contributed by atoms with van der Waals surface area (Å²) in [5.41, 5.74) is 0.951. The van der Waals surface area contributed by atoms with E-state index in [1.54, 1.807) is 12.4 Å². The van der Waals surface area contributed by atoms with Crippen LogP contribution in [-0.2, 0) is 6.54 Å². The van der Waals surface area contributed by atoms with Gasteiger partial charge in [-0.05, 0) is 31.5 Å². The van der Waals surface area contributed by atoms with Gasteiger partial charge in [0.25, 0.3) is 0 Å². The average Bonchev–Trinajstić information content (AvgIpc) is 3.28. The SMILES string of the molecule is c1ccc(Oc2cncc(C3CCCN3Cc3ncc[nH]3)n2)cc1. The van der Waals surface area contributed by atoms with Crippen molar-refractivity contribution in [2.24, 2.45) is 0 Å². The minimum atomic E-state index is 0.252. The Morgan fingerprint density at radius 1 is 1.21 bits per heavy atom. The van der Waals surface area contributed by atoms with Crippen molar-refractivity contribution in [2.45, 2.75) is 25.4 Å². The number of nitrogens with zero attached hydrogens (tertiary/aromatic N) is 4. The molecule has 1 fully saturated rings. The van der Waals surface area contributed by atoms with Gasteiger partial charge in [-0.1, -0.05) is 18.2 Å². The Morgan fingerprint density at radius 3 is 2.96 bits per heavy atom. The highest BCUT2D eigenvalue weighted by Crippen LogP contribution is 2.32. The number of aromatic nitrogens is 4. The fourth-order valence-electron chi connectivity index (χ4n) is 3.11. The number of aromatic amines is 1. The third kappa shape index (κ3) is 3.28. The van der Waals surface area contributed by atoms with Crippen LogP contribution in [0.1, 0.15) is 30.4 Å². The lowest BCUT2D eigenvalue weighted by Crippen LogP contribution is -2.24. The lowest BCUT2D eigenvalue weighted by Gasteiger charge is -2.22. The summed E-state index contributed by atoms with van der Waals surface area (Å²) in [5, 5.41) is 0. The summed E-state index contributed by atoms with van der Waals surface area (Å²) >= 11 is 0. The van der Waals surface area contributed by atoms with E-state index in [1.807, 2.05) is 42.7 Å². The van der Waals surface area contributed by atoms with Crippen LogP contribution >= 0.6 is 0 Å². The van der Waals surface area contributed by atoms with Crippen LogP contribution in [0.25, 0.3) is 0 Å². The third-order valence-electron chi connectivity index (χ3n) is 4.21. The Kier molecular flexibility index (Phi) is 4.20. The van der Waals surface area contributed by atoms with Crippen molar-refractivity contribution >= 4 is 0 Å². The standard InChI is InChI=1S/C18H19N5O/c1-2-5-14(6-3-1)24-18-12-19-11-15(22-18)16-7-4-10-23(16)13-17-20-8-9-21-17/h1-3,5-6,8-9,11-12,16H,4,7,10,13H2,(H,20,21). The van der Waals surface area contributed by atoms with E-state index in [9.17, 15) is 0 Å². The van der Waals surface area contributed by atoms with Gasteiger partial charge in [0, 0.05) is 12.4 Å². The number of benzene rings is 1. The highest BCUT2D eigenvalue weighted by atomic mass is 16.5. The summed E-state index contributed by atoms with van der Waals surface area (Å²) in [6.45, 7) is 1.83. The van der Waals surface area contributed by atoms with E-state index >= 15 is 0 Å². The van der Waals surface area contributed by atoms with Crippen LogP contribution in [0.2, 0.25) is 0 Å². The Bertz CT molecular complexity index is 775. The first kappa shape index (κ1) is 14.8. The smallest absolute Gasteiger partial charge is 0.238 e. The number of hydrogen-bond donors (Lipinski definition) is 1. The van der Waals surface area contributed by atoms with E-state index in [1.165, 1.54) is 0 Å². The van der Waals surface area contributed by atoms with Gasteiger partial charge in [-0.25, -0.2) is 9.97 Å². The van der Waals surface area contributed by atoms with Gasteiger partial charge in [-0.15, -0.1) is 0 Å². The summed E-state index contributed by atoms with van der Waals surface area (Å²) in [6.07, 6.45) is 9.36. The zero-order valence-corrected chi connectivity index (χ0v) is 13.3. The highest BCUT2D eigenvalue weighted by molar-refractivity contribution is 5.26. The summed E-state index contributed by atoms with van der Waals surface area (Å²) in [6, 6.07) is 9.91. The van der Waals surface area contributed by atoms with Gasteiger partial charge in [0.15, 0.2) is 0 Å². The lowest BCUT2D eigenvalue weighted by atomic mass is 10.1. The van der Waals surface area contributed by atoms with Crippen LogP contribution in [0.4, 0.5) is 0 Å². The largest absolute Gasteiger partial charge is 0.437 e. The molecule has 3 heterocycles. The number of nitrogens with one attached hydrogen (secondary N) is 1. The number of para-hydroxylation sites is 1. The molecular formula is C18H19N5O. The molecule has 1 aliphatic rings. The van der Waals surface area contributed by atoms with Crippen molar-refractivity contribution in [2.75, 3.05) is 6.54 Å². The minimum Gasteiger partial charge on any atom is -0.437 e. The molecule has 6 nitrogen and oxygen atoms in total. The number of hydrogen-bond acceptors (Lipinski definition) is 5. The molecule has 1 aliphatic heterocycles. The lowest BCUT2D eigenvalue weighted by molar-refractivity contribution is 0.237. The first-order valence-corrected chi connectivity index (χ1v) is 8.15. The van der Waals surface area contributed by atoms with Crippen LogP contribution in [0.15, 0.2) is 55.1 Å². The molecule has 6 heteroatoms. The van der Waals surface area contributed by atoms with Crippen molar-refractivity contribution in [3.05, 3.63) is 66.6 Å². The normalized spacial score (nSPS) is 17.9. The fraction of sp³-hybridized carbons (Fsp3) is 0.278. The predicted molar refractivity (Wildman–Crippen MR) is 89.5 cm³/mol. The molecule has 24 heavy (non-hydrogen) atoms. The highest BCUT2D eigenvalue weighted by Gasteiger charge is 2.28. The number of rotatable bonds is 5. The van der Waals surface area contributed by atoms with E-state index in [-0.39, 0.29) is 6.04 Å². The number of H-pyrrole nitrogens is 1. The second kappa shape index (κ2) is 6.80. The molecule has 2 aromatic heterocycles. The van der Waals surface area contributed by atoms with Gasteiger partial charge in [0.05, 0.1) is 30.7 Å². The maximum atomic E-state index is 5.81. The molecule has 1 atom stereocenters. The molecule has 1 N–H and O–H groups in total. The second-order valence-corrected chi connectivity index (χ2v) is 5.86. The van der Waals surface area contributed by atoms with Crippen molar-refractivity contribution < 1.29 is 4.74 Å². The van der Waals surface area contributed by atoms with Gasteiger partial charge in [0.1, 0.15) is 11.6 Å². The van der Waals surface area contributed by atoms with Crippen molar-refractivity contribution in [3.8, 4) is 11.6 Å². The van der Waals surface area contributed by atoms with E-state index in [0.717, 1.165) is 43.2 Å². The Morgan fingerprint density at radius 2 is 2.12 bits per heavy atom. The van der Waals surface area contributed by atoms with Gasteiger partial charge in [0.2, 0.25) is 5.88 Å². The molecule has 1 aromatic carbocycles. The Hall–Kier alpha value is -2.73. The topological polar surface area (TPSA) is 66.9 Å². The van der Waals surface area contributed by atoms with Crippen LogP contribution in [0.3, 0.4) is 0 Å². The van der Waals surface area contributed by atoms with Crippen molar-refractivity contribution in [3.63, 3.8) is 0 Å². The third-order valence-corrected chi connectivity index (χ3v) is 4.21. The van der Waals surface area contributed by atoms with Crippen LogP contribution in [-0.4, -0.2) is 31.4 Å². The van der Waals surface area contributed by atoms with Gasteiger partial charge >= 0.3 is 0 Å². The maximum absolute atomic E-state index is 5.81. The Labute approximate surface area is 140 Å². The molecule has 4 rings (SSSR count). The molecule has 122 valence electrons. The second-order valence-electron chi connectivity index (χ2n) is 5.86. The van der Waals surface area contributed by atoms with Crippen LogP contribution < -0.4 is 4.74 Å². The summed E-state index contributed by atoms with van der Waals surface area (Å²) < 4.78 is 5.81. The maximum Gasteiger partial charge on any atom is 0.238 e. The van der Waals surface area contributed by atoms with Crippen molar-refractivity contribution in [1.29, 1.82) is 0 Å². The molecule has 0 saturated carbocycles.